The molecule has 2 aromatic rings. The van der Waals surface area contributed by atoms with E-state index in [1.165, 1.54) is 11.1 Å². The highest BCUT2D eigenvalue weighted by Gasteiger charge is 1.99. The molecule has 0 atom stereocenters. The lowest BCUT2D eigenvalue weighted by Crippen LogP contribution is -2.04. The summed E-state index contributed by atoms with van der Waals surface area (Å²) in [7, 11) is 0. The first-order chi connectivity index (χ1) is 8.65. The summed E-state index contributed by atoms with van der Waals surface area (Å²) in [6.07, 6.45) is 0.921. The minimum atomic E-state index is 0.604. The minimum Gasteiger partial charge on any atom is -0.385 e. The zero-order valence-electron chi connectivity index (χ0n) is 10.2. The van der Waals surface area contributed by atoms with Gasteiger partial charge >= 0.3 is 0 Å². The fraction of sp³-hybridized carbons (Fsp3) is 0.200. The molecule has 0 unspecified atom stereocenters. The normalized spacial score (nSPS) is 10.4. The molecule has 94 valence electrons. The maximum Gasteiger partial charge on any atom is 0.0595 e. The summed E-state index contributed by atoms with van der Waals surface area (Å²) in [6.45, 7) is 2.96. The number of hydrogen-bond acceptors (Lipinski definition) is 1. The van der Waals surface area contributed by atoms with Crippen molar-refractivity contribution in [1.82, 2.24) is 0 Å². The first-order valence-corrected chi connectivity index (χ1v) is 6.65. The number of nitrogens with one attached hydrogen (secondary N) is 1. The zero-order valence-corrected chi connectivity index (χ0v) is 11.7. The van der Waals surface area contributed by atoms with Crippen molar-refractivity contribution in [3.63, 3.8) is 0 Å². The van der Waals surface area contributed by atoms with Crippen LogP contribution in [0, 0.1) is 6.92 Å². The van der Waals surface area contributed by atoms with Crippen molar-refractivity contribution < 1.29 is 0 Å². The third-order valence-corrected chi connectivity index (χ3v) is 3.48. The van der Waals surface area contributed by atoms with Crippen LogP contribution in [-0.4, -0.2) is 6.54 Å². The van der Waals surface area contributed by atoms with Gasteiger partial charge < -0.3 is 5.32 Å². The molecule has 2 aromatic carbocycles. The second-order valence-corrected chi connectivity index (χ2v) is 5.11. The summed E-state index contributed by atoms with van der Waals surface area (Å²) in [4.78, 5) is 0. The number of hydrogen-bond donors (Lipinski definition) is 1. The van der Waals surface area contributed by atoms with E-state index in [0.29, 0.717) is 10.0 Å². The number of halogens is 2. The lowest BCUT2D eigenvalue weighted by Gasteiger charge is -2.07. The molecule has 0 aromatic heterocycles. The molecule has 0 radical (unpaired) electrons. The van der Waals surface area contributed by atoms with Crippen LogP contribution in [0.5, 0.6) is 0 Å². The molecule has 0 bridgehead atoms. The fourth-order valence-electron chi connectivity index (χ4n) is 1.80. The summed E-state index contributed by atoms with van der Waals surface area (Å²) < 4.78 is 0. The molecule has 3 heteroatoms. The highest BCUT2D eigenvalue weighted by Crippen LogP contribution is 2.22. The van der Waals surface area contributed by atoms with Gasteiger partial charge in [-0.3, -0.25) is 0 Å². The topological polar surface area (TPSA) is 12.0 Å². The summed E-state index contributed by atoms with van der Waals surface area (Å²) in [5.74, 6) is 0. The Kier molecular flexibility index (Phi) is 4.51. The molecule has 0 fully saturated rings. The van der Waals surface area contributed by atoms with Crippen molar-refractivity contribution in [2.45, 2.75) is 13.3 Å². The van der Waals surface area contributed by atoms with Crippen molar-refractivity contribution in [3.05, 3.63) is 63.6 Å². The maximum absolute atomic E-state index is 5.98. The van der Waals surface area contributed by atoms with Crippen LogP contribution in [0.2, 0.25) is 10.0 Å². The average Bonchev–Trinajstić information content (AvgIpc) is 2.34. The van der Waals surface area contributed by atoms with Crippen molar-refractivity contribution in [2.75, 3.05) is 11.9 Å². The van der Waals surface area contributed by atoms with Crippen LogP contribution in [0.25, 0.3) is 0 Å². The number of aryl methyl sites for hydroxylation is 1. The van der Waals surface area contributed by atoms with E-state index in [2.05, 4.69) is 36.5 Å². The van der Waals surface area contributed by atoms with E-state index in [4.69, 9.17) is 23.2 Å². The maximum atomic E-state index is 5.98. The number of anilines is 1. The van der Waals surface area contributed by atoms with Crippen molar-refractivity contribution in [2.24, 2.45) is 0 Å². The van der Waals surface area contributed by atoms with Crippen molar-refractivity contribution in [3.8, 4) is 0 Å². The largest absolute Gasteiger partial charge is 0.385 e. The Labute approximate surface area is 118 Å². The monoisotopic (exact) mass is 279 g/mol. The molecular weight excluding hydrogens is 265 g/mol. The van der Waals surface area contributed by atoms with Crippen LogP contribution in [-0.2, 0) is 6.42 Å². The molecule has 1 nitrogen and oxygen atoms in total. The Morgan fingerprint density at radius 3 is 2.56 bits per heavy atom. The van der Waals surface area contributed by atoms with Crippen LogP contribution in [0.15, 0.2) is 42.5 Å². The molecule has 2 rings (SSSR count). The summed E-state index contributed by atoms with van der Waals surface area (Å²) in [6, 6.07) is 14.1. The Hall–Kier alpha value is -1.18. The third-order valence-electron chi connectivity index (χ3n) is 2.74. The average molecular weight is 280 g/mol. The molecule has 0 saturated heterocycles. The van der Waals surface area contributed by atoms with Gasteiger partial charge in [-0.25, -0.2) is 0 Å². The zero-order chi connectivity index (χ0) is 13.0. The Morgan fingerprint density at radius 1 is 1.00 bits per heavy atom. The standard InChI is InChI=1S/C15H15Cl2N/c1-11-3-2-4-13(9-11)18-8-7-12-5-6-14(16)15(17)10-12/h2-6,9-10,18H,7-8H2,1H3. The van der Waals surface area contributed by atoms with Gasteiger partial charge in [-0.1, -0.05) is 41.4 Å². The molecule has 0 spiro atoms. The molecule has 0 heterocycles. The number of rotatable bonds is 4. The van der Waals surface area contributed by atoms with Crippen molar-refractivity contribution >= 4 is 28.9 Å². The quantitative estimate of drug-likeness (QED) is 0.835. The smallest absolute Gasteiger partial charge is 0.0595 e. The minimum absolute atomic E-state index is 0.604. The predicted octanol–water partition coefficient (Wildman–Crippen LogP) is 4.96. The van der Waals surface area contributed by atoms with Gasteiger partial charge in [0.1, 0.15) is 0 Å². The van der Waals surface area contributed by atoms with Crippen LogP contribution < -0.4 is 5.32 Å². The third kappa shape index (κ3) is 3.66. The second-order valence-electron chi connectivity index (χ2n) is 4.29. The molecule has 0 aliphatic rings. The van der Waals surface area contributed by atoms with E-state index in [1.54, 1.807) is 0 Å². The molecule has 0 aliphatic heterocycles. The fourth-order valence-corrected chi connectivity index (χ4v) is 2.12. The van der Waals surface area contributed by atoms with Gasteiger partial charge in [0, 0.05) is 12.2 Å². The Morgan fingerprint density at radius 2 is 1.83 bits per heavy atom. The molecular formula is C15H15Cl2N. The first-order valence-electron chi connectivity index (χ1n) is 5.89. The van der Waals surface area contributed by atoms with Crippen LogP contribution in [0.4, 0.5) is 5.69 Å². The summed E-state index contributed by atoms with van der Waals surface area (Å²) in [5, 5.41) is 4.61. The van der Waals surface area contributed by atoms with E-state index in [9.17, 15) is 0 Å². The lowest BCUT2D eigenvalue weighted by atomic mass is 10.1. The van der Waals surface area contributed by atoms with Crippen LogP contribution in [0.3, 0.4) is 0 Å². The van der Waals surface area contributed by atoms with Crippen LogP contribution >= 0.6 is 23.2 Å². The number of benzene rings is 2. The molecule has 0 amide bonds. The van der Waals surface area contributed by atoms with E-state index in [-0.39, 0.29) is 0 Å². The molecule has 1 N–H and O–H groups in total. The summed E-state index contributed by atoms with van der Waals surface area (Å²) in [5.41, 5.74) is 3.59. The Bertz CT molecular complexity index is 538. The van der Waals surface area contributed by atoms with E-state index < -0.39 is 0 Å². The van der Waals surface area contributed by atoms with Crippen LogP contribution in [0.1, 0.15) is 11.1 Å². The Balaban J connectivity index is 1.90. The van der Waals surface area contributed by atoms with Gasteiger partial charge in [0.2, 0.25) is 0 Å². The van der Waals surface area contributed by atoms with Gasteiger partial charge in [0.25, 0.3) is 0 Å². The lowest BCUT2D eigenvalue weighted by molar-refractivity contribution is 1.02. The molecule has 18 heavy (non-hydrogen) atoms. The van der Waals surface area contributed by atoms with Gasteiger partial charge in [-0.05, 0) is 48.7 Å². The highest BCUT2D eigenvalue weighted by atomic mass is 35.5. The van der Waals surface area contributed by atoms with E-state index in [0.717, 1.165) is 18.7 Å². The molecule has 0 aliphatic carbocycles. The first kappa shape index (κ1) is 13.3. The highest BCUT2D eigenvalue weighted by molar-refractivity contribution is 6.42. The SMILES string of the molecule is Cc1cccc(NCCc2ccc(Cl)c(Cl)c2)c1. The van der Waals surface area contributed by atoms with Gasteiger partial charge in [0.05, 0.1) is 10.0 Å². The van der Waals surface area contributed by atoms with Gasteiger partial charge in [-0.2, -0.15) is 0 Å². The molecule has 0 saturated carbocycles. The summed E-state index contributed by atoms with van der Waals surface area (Å²) >= 11 is 11.9. The van der Waals surface area contributed by atoms with Gasteiger partial charge in [0.15, 0.2) is 0 Å². The van der Waals surface area contributed by atoms with E-state index >= 15 is 0 Å². The second kappa shape index (κ2) is 6.12. The van der Waals surface area contributed by atoms with Crippen molar-refractivity contribution in [1.29, 1.82) is 0 Å². The predicted molar refractivity (Wildman–Crippen MR) is 79.8 cm³/mol. The van der Waals surface area contributed by atoms with Gasteiger partial charge in [-0.15, -0.1) is 0 Å². The van der Waals surface area contributed by atoms with E-state index in [1.807, 2.05) is 18.2 Å².